The quantitative estimate of drug-likeness (QED) is 0.488. The second kappa shape index (κ2) is 7.99. The van der Waals surface area contributed by atoms with Crippen molar-refractivity contribution in [3.63, 3.8) is 0 Å². The maximum Gasteiger partial charge on any atom is 0.308 e. The Morgan fingerprint density at radius 2 is 1.72 bits per heavy atom. The summed E-state index contributed by atoms with van der Waals surface area (Å²) in [4.78, 5) is 10.9. The minimum Gasteiger partial charge on any atom is -0.497 e. The SMILES string of the molecule is COc1ccc(/C=C/c2ccc(OC(C)=O)cc2)c(CC(C)(C)O)c1. The average molecular weight is 340 g/mol. The Balaban J connectivity index is 2.23. The number of carbonyl (C=O) groups is 1. The average Bonchev–Trinajstić information content (AvgIpc) is 2.53. The number of methoxy groups -OCH3 is 1. The van der Waals surface area contributed by atoms with Gasteiger partial charge in [-0.25, -0.2) is 0 Å². The molecule has 0 radical (unpaired) electrons. The lowest BCUT2D eigenvalue weighted by molar-refractivity contribution is -0.131. The highest BCUT2D eigenvalue weighted by atomic mass is 16.5. The third kappa shape index (κ3) is 6.08. The van der Waals surface area contributed by atoms with Gasteiger partial charge in [0, 0.05) is 13.3 Å². The summed E-state index contributed by atoms with van der Waals surface area (Å²) in [5.74, 6) is 0.955. The molecular formula is C21H24O4. The number of ether oxygens (including phenoxy) is 2. The Morgan fingerprint density at radius 1 is 1.08 bits per heavy atom. The van der Waals surface area contributed by atoms with Crippen molar-refractivity contribution in [3.8, 4) is 11.5 Å². The third-order valence-electron chi connectivity index (χ3n) is 3.57. The maximum absolute atomic E-state index is 10.9. The molecule has 0 aliphatic rings. The first-order valence-electron chi connectivity index (χ1n) is 8.13. The number of carbonyl (C=O) groups excluding carboxylic acids is 1. The van der Waals surface area contributed by atoms with E-state index in [4.69, 9.17) is 9.47 Å². The van der Waals surface area contributed by atoms with Crippen LogP contribution in [-0.4, -0.2) is 23.8 Å². The van der Waals surface area contributed by atoms with Gasteiger partial charge < -0.3 is 14.6 Å². The first-order chi connectivity index (χ1) is 11.8. The van der Waals surface area contributed by atoms with Crippen molar-refractivity contribution in [1.82, 2.24) is 0 Å². The fourth-order valence-corrected chi connectivity index (χ4v) is 2.49. The molecule has 4 heteroatoms. The molecule has 0 aromatic heterocycles. The molecular weight excluding hydrogens is 316 g/mol. The number of aliphatic hydroxyl groups is 1. The number of rotatable bonds is 6. The Hall–Kier alpha value is -2.59. The Kier molecular flexibility index (Phi) is 5.99. The molecule has 0 saturated heterocycles. The van der Waals surface area contributed by atoms with Crippen molar-refractivity contribution in [1.29, 1.82) is 0 Å². The lowest BCUT2D eigenvalue weighted by Gasteiger charge is -2.19. The van der Waals surface area contributed by atoms with Crippen LogP contribution in [0.4, 0.5) is 0 Å². The highest BCUT2D eigenvalue weighted by Gasteiger charge is 2.16. The summed E-state index contributed by atoms with van der Waals surface area (Å²) >= 11 is 0. The molecule has 0 fully saturated rings. The molecule has 0 atom stereocenters. The molecule has 2 rings (SSSR count). The highest BCUT2D eigenvalue weighted by Crippen LogP contribution is 2.24. The lowest BCUT2D eigenvalue weighted by atomic mass is 9.94. The van der Waals surface area contributed by atoms with Gasteiger partial charge in [-0.3, -0.25) is 4.79 Å². The van der Waals surface area contributed by atoms with Crippen molar-refractivity contribution in [2.75, 3.05) is 7.11 Å². The normalized spacial score (nSPS) is 11.6. The second-order valence-electron chi connectivity index (χ2n) is 6.55. The Bertz CT molecular complexity index is 752. The van der Waals surface area contributed by atoms with Gasteiger partial charge in [0.25, 0.3) is 0 Å². The number of hydrogen-bond donors (Lipinski definition) is 1. The predicted octanol–water partition coefficient (Wildman–Crippen LogP) is 4.10. The summed E-state index contributed by atoms with van der Waals surface area (Å²) in [7, 11) is 1.63. The van der Waals surface area contributed by atoms with E-state index in [1.54, 1.807) is 33.1 Å². The zero-order chi connectivity index (χ0) is 18.4. The van der Waals surface area contributed by atoms with Gasteiger partial charge in [0.2, 0.25) is 0 Å². The van der Waals surface area contributed by atoms with E-state index in [1.165, 1.54) is 6.92 Å². The van der Waals surface area contributed by atoms with Crippen LogP contribution in [-0.2, 0) is 11.2 Å². The van der Waals surface area contributed by atoms with Crippen LogP contribution in [0.25, 0.3) is 12.2 Å². The zero-order valence-corrected chi connectivity index (χ0v) is 15.1. The van der Waals surface area contributed by atoms with Crippen LogP contribution in [0.3, 0.4) is 0 Å². The van der Waals surface area contributed by atoms with Crippen molar-refractivity contribution < 1.29 is 19.4 Å². The summed E-state index contributed by atoms with van der Waals surface area (Å²) < 4.78 is 10.3. The molecule has 0 unspecified atom stereocenters. The summed E-state index contributed by atoms with van der Waals surface area (Å²) in [6.07, 6.45) is 4.50. The van der Waals surface area contributed by atoms with Crippen LogP contribution < -0.4 is 9.47 Å². The van der Waals surface area contributed by atoms with Gasteiger partial charge in [-0.05, 0) is 54.8 Å². The summed E-state index contributed by atoms with van der Waals surface area (Å²) in [5.41, 5.74) is 2.22. The van der Waals surface area contributed by atoms with E-state index in [0.717, 1.165) is 22.4 Å². The van der Waals surface area contributed by atoms with Crippen LogP contribution in [0, 0.1) is 0 Å². The molecule has 25 heavy (non-hydrogen) atoms. The van der Waals surface area contributed by atoms with Crippen LogP contribution in [0.5, 0.6) is 11.5 Å². The molecule has 1 N–H and O–H groups in total. The first-order valence-corrected chi connectivity index (χ1v) is 8.13. The smallest absolute Gasteiger partial charge is 0.308 e. The summed E-state index contributed by atoms with van der Waals surface area (Å²) in [6.45, 7) is 4.95. The topological polar surface area (TPSA) is 55.8 Å². The van der Waals surface area contributed by atoms with Gasteiger partial charge in [0.05, 0.1) is 12.7 Å². The molecule has 132 valence electrons. The first kappa shape index (κ1) is 18.7. The number of hydrogen-bond acceptors (Lipinski definition) is 4. The number of esters is 1. The van der Waals surface area contributed by atoms with E-state index in [0.29, 0.717) is 12.2 Å². The predicted molar refractivity (Wildman–Crippen MR) is 99.7 cm³/mol. The summed E-state index contributed by atoms with van der Waals surface area (Å²) in [5, 5.41) is 10.1. The van der Waals surface area contributed by atoms with Crippen molar-refractivity contribution in [3.05, 3.63) is 59.2 Å². The van der Waals surface area contributed by atoms with E-state index >= 15 is 0 Å². The van der Waals surface area contributed by atoms with Crippen LogP contribution in [0.1, 0.15) is 37.5 Å². The molecule has 0 bridgehead atoms. The molecule has 0 saturated carbocycles. The molecule has 0 aliphatic carbocycles. The summed E-state index contributed by atoms with van der Waals surface area (Å²) in [6, 6.07) is 13.1. The van der Waals surface area contributed by atoms with E-state index in [9.17, 15) is 9.90 Å². The van der Waals surface area contributed by atoms with Gasteiger partial charge in [-0.2, -0.15) is 0 Å². The van der Waals surface area contributed by atoms with E-state index in [2.05, 4.69) is 0 Å². The van der Waals surface area contributed by atoms with E-state index in [-0.39, 0.29) is 5.97 Å². The molecule has 0 spiro atoms. The lowest BCUT2D eigenvalue weighted by Crippen LogP contribution is -2.22. The van der Waals surface area contributed by atoms with E-state index < -0.39 is 5.60 Å². The van der Waals surface area contributed by atoms with Gasteiger partial charge in [-0.15, -0.1) is 0 Å². The van der Waals surface area contributed by atoms with Gasteiger partial charge in [0.1, 0.15) is 11.5 Å². The maximum atomic E-state index is 10.9. The monoisotopic (exact) mass is 340 g/mol. The highest BCUT2D eigenvalue weighted by molar-refractivity contribution is 5.73. The van der Waals surface area contributed by atoms with Crippen molar-refractivity contribution in [2.24, 2.45) is 0 Å². The van der Waals surface area contributed by atoms with E-state index in [1.807, 2.05) is 42.5 Å². The molecule has 0 amide bonds. The van der Waals surface area contributed by atoms with Gasteiger partial charge in [0.15, 0.2) is 0 Å². The standard InChI is InChI=1S/C21H24O4/c1-15(22)25-19-10-6-16(7-11-19)5-8-17-9-12-20(24-4)13-18(17)14-21(2,3)23/h5-13,23H,14H2,1-4H3/b8-5+. The molecule has 4 nitrogen and oxygen atoms in total. The van der Waals surface area contributed by atoms with Crippen LogP contribution >= 0.6 is 0 Å². The van der Waals surface area contributed by atoms with Gasteiger partial charge >= 0.3 is 5.97 Å². The molecule has 2 aromatic rings. The van der Waals surface area contributed by atoms with Crippen LogP contribution in [0.15, 0.2) is 42.5 Å². The second-order valence-corrected chi connectivity index (χ2v) is 6.55. The number of benzene rings is 2. The molecule has 0 heterocycles. The zero-order valence-electron chi connectivity index (χ0n) is 15.1. The Labute approximate surface area is 148 Å². The third-order valence-corrected chi connectivity index (χ3v) is 3.57. The fraction of sp³-hybridized carbons (Fsp3) is 0.286. The van der Waals surface area contributed by atoms with Gasteiger partial charge in [-0.1, -0.05) is 30.4 Å². The molecule has 0 aliphatic heterocycles. The molecule has 2 aromatic carbocycles. The van der Waals surface area contributed by atoms with Crippen molar-refractivity contribution >= 4 is 18.1 Å². The Morgan fingerprint density at radius 3 is 2.28 bits per heavy atom. The fourth-order valence-electron chi connectivity index (χ4n) is 2.49. The largest absolute Gasteiger partial charge is 0.497 e. The minimum atomic E-state index is -0.805. The minimum absolute atomic E-state index is 0.335. The van der Waals surface area contributed by atoms with Crippen molar-refractivity contribution in [2.45, 2.75) is 32.8 Å². The van der Waals surface area contributed by atoms with Crippen LogP contribution in [0.2, 0.25) is 0 Å².